The fourth-order valence-corrected chi connectivity index (χ4v) is 2.20. The molecule has 27 heavy (non-hydrogen) atoms. The Morgan fingerprint density at radius 2 is 1.81 bits per heavy atom. The van der Waals surface area contributed by atoms with Crippen molar-refractivity contribution in [3.05, 3.63) is 58.1 Å². The van der Waals surface area contributed by atoms with Crippen molar-refractivity contribution in [1.82, 2.24) is 5.43 Å². The van der Waals surface area contributed by atoms with E-state index in [0.717, 1.165) is 0 Å². The van der Waals surface area contributed by atoms with Gasteiger partial charge in [-0.2, -0.15) is 5.10 Å². The van der Waals surface area contributed by atoms with Crippen molar-refractivity contribution in [2.24, 2.45) is 5.10 Å². The van der Waals surface area contributed by atoms with Crippen LogP contribution in [-0.2, 0) is 14.4 Å². The molecule has 3 N–H and O–H groups in total. The number of carboxylic acid groups (broad SMARTS) is 1. The maximum absolute atomic E-state index is 11.9. The molecule has 0 aliphatic heterocycles. The molecule has 8 nitrogen and oxygen atoms in total. The summed E-state index contributed by atoms with van der Waals surface area (Å²) in [5.41, 5.74) is 2.64. The predicted octanol–water partition coefficient (Wildman–Crippen LogP) is 2.55. The number of rotatable bonds is 6. The zero-order chi connectivity index (χ0) is 19.8. The molecule has 0 bridgehead atoms. The van der Waals surface area contributed by atoms with Gasteiger partial charge in [-0.25, -0.2) is 10.2 Å². The summed E-state index contributed by atoms with van der Waals surface area (Å²) in [4.78, 5) is 34.3. The Balaban J connectivity index is 1.97. The summed E-state index contributed by atoms with van der Waals surface area (Å²) >= 11 is 11.8. The first-order chi connectivity index (χ1) is 12.9. The van der Waals surface area contributed by atoms with Gasteiger partial charge in [0.2, 0.25) is 0 Å². The maximum Gasteiger partial charge on any atom is 0.341 e. The molecule has 0 aliphatic carbocycles. The molecule has 0 saturated carbocycles. The molecule has 0 atom stereocenters. The average Bonchev–Trinajstić information content (AvgIpc) is 2.64. The van der Waals surface area contributed by atoms with Crippen LogP contribution in [0.5, 0.6) is 5.75 Å². The molecule has 0 aliphatic rings. The number of hydrogen-bond acceptors (Lipinski definition) is 5. The molecule has 2 aromatic rings. The van der Waals surface area contributed by atoms with Gasteiger partial charge in [0.25, 0.3) is 0 Å². The molecule has 2 rings (SSSR count). The van der Waals surface area contributed by atoms with Crippen LogP contribution in [0.2, 0.25) is 10.0 Å². The highest BCUT2D eigenvalue weighted by atomic mass is 35.5. The number of hydrogen-bond donors (Lipinski definition) is 3. The molecular weight excluding hydrogens is 397 g/mol. The number of carboxylic acids is 1. The predicted molar refractivity (Wildman–Crippen MR) is 100 cm³/mol. The number of hydrazone groups is 1. The van der Waals surface area contributed by atoms with E-state index in [0.29, 0.717) is 5.56 Å². The van der Waals surface area contributed by atoms with Gasteiger partial charge in [0, 0.05) is 5.56 Å². The van der Waals surface area contributed by atoms with Crippen LogP contribution in [0.4, 0.5) is 5.69 Å². The van der Waals surface area contributed by atoms with Crippen LogP contribution in [0, 0.1) is 0 Å². The Hall–Kier alpha value is -3.10. The Bertz CT molecular complexity index is 902. The maximum atomic E-state index is 11.9. The molecular formula is C17H13Cl2N3O5. The molecule has 2 aromatic carbocycles. The van der Waals surface area contributed by atoms with E-state index >= 15 is 0 Å². The van der Waals surface area contributed by atoms with Crippen molar-refractivity contribution < 1.29 is 24.2 Å². The van der Waals surface area contributed by atoms with Crippen molar-refractivity contribution in [3.63, 3.8) is 0 Å². The Morgan fingerprint density at radius 3 is 2.56 bits per heavy atom. The van der Waals surface area contributed by atoms with E-state index in [9.17, 15) is 14.4 Å². The monoisotopic (exact) mass is 409 g/mol. The van der Waals surface area contributed by atoms with E-state index in [1.54, 1.807) is 30.3 Å². The van der Waals surface area contributed by atoms with Gasteiger partial charge < -0.3 is 15.2 Å². The molecule has 0 heterocycles. The Morgan fingerprint density at radius 1 is 1.07 bits per heavy atom. The fourth-order valence-electron chi connectivity index (χ4n) is 1.85. The molecule has 0 unspecified atom stereocenters. The van der Waals surface area contributed by atoms with Gasteiger partial charge in [-0.15, -0.1) is 0 Å². The van der Waals surface area contributed by atoms with E-state index in [1.165, 1.54) is 18.3 Å². The van der Waals surface area contributed by atoms with Crippen molar-refractivity contribution in [1.29, 1.82) is 0 Å². The largest absolute Gasteiger partial charge is 0.481 e. The molecule has 0 fully saturated rings. The molecule has 0 spiro atoms. The number of aliphatic carboxylic acids is 1. The number of nitrogens with zero attached hydrogens (tertiary/aromatic N) is 1. The van der Waals surface area contributed by atoms with E-state index in [2.05, 4.69) is 10.4 Å². The Kier molecular flexibility index (Phi) is 7.16. The molecule has 0 saturated heterocycles. The van der Waals surface area contributed by atoms with E-state index in [-0.39, 0.29) is 21.5 Å². The number of carbonyl (C=O) groups excluding carboxylic acids is 2. The van der Waals surface area contributed by atoms with Crippen molar-refractivity contribution in [3.8, 4) is 5.75 Å². The van der Waals surface area contributed by atoms with Crippen molar-refractivity contribution in [2.75, 3.05) is 11.9 Å². The van der Waals surface area contributed by atoms with Gasteiger partial charge in [0.1, 0.15) is 5.75 Å². The SMILES string of the molecule is O=C(O)COc1ccccc1/C=N\NC(=O)C(=O)Nc1cccc(Cl)c1Cl. The first-order valence-electron chi connectivity index (χ1n) is 7.40. The third kappa shape index (κ3) is 5.98. The van der Waals surface area contributed by atoms with Crippen LogP contribution < -0.4 is 15.5 Å². The molecule has 0 aromatic heterocycles. The third-order valence-electron chi connectivity index (χ3n) is 3.05. The lowest BCUT2D eigenvalue weighted by Crippen LogP contribution is -2.32. The number of amides is 2. The molecule has 2 amide bonds. The average molecular weight is 410 g/mol. The lowest BCUT2D eigenvalue weighted by Gasteiger charge is -2.07. The summed E-state index contributed by atoms with van der Waals surface area (Å²) in [7, 11) is 0. The first kappa shape index (κ1) is 20.2. The molecule has 140 valence electrons. The van der Waals surface area contributed by atoms with Gasteiger partial charge in [0.15, 0.2) is 6.61 Å². The third-order valence-corrected chi connectivity index (χ3v) is 3.86. The second-order valence-corrected chi connectivity index (χ2v) is 5.76. The van der Waals surface area contributed by atoms with E-state index in [1.807, 2.05) is 5.43 Å². The minimum Gasteiger partial charge on any atom is -0.481 e. The topological polar surface area (TPSA) is 117 Å². The quantitative estimate of drug-likeness (QED) is 0.385. The summed E-state index contributed by atoms with van der Waals surface area (Å²) in [6.45, 7) is -0.528. The number of halogens is 2. The first-order valence-corrected chi connectivity index (χ1v) is 8.16. The summed E-state index contributed by atoms with van der Waals surface area (Å²) in [6, 6.07) is 11.0. The normalized spacial score (nSPS) is 10.4. The fraction of sp³-hybridized carbons (Fsp3) is 0.0588. The van der Waals surface area contributed by atoms with Gasteiger partial charge in [-0.1, -0.05) is 41.4 Å². The van der Waals surface area contributed by atoms with Gasteiger partial charge in [-0.3, -0.25) is 9.59 Å². The standard InChI is InChI=1S/C17H13Cl2N3O5/c18-11-5-3-6-12(15(11)19)21-16(25)17(26)22-20-8-10-4-1-2-7-13(10)27-9-14(23)24/h1-8H,9H2,(H,21,25)(H,22,26)(H,23,24)/b20-8-. The number of anilines is 1. The van der Waals surface area contributed by atoms with Gasteiger partial charge >= 0.3 is 17.8 Å². The van der Waals surface area contributed by atoms with Crippen LogP contribution in [0.3, 0.4) is 0 Å². The van der Waals surface area contributed by atoms with Gasteiger partial charge in [-0.05, 0) is 24.3 Å². The van der Waals surface area contributed by atoms with Gasteiger partial charge in [0.05, 0.1) is 21.9 Å². The summed E-state index contributed by atoms with van der Waals surface area (Å²) in [5.74, 6) is -2.91. The van der Waals surface area contributed by atoms with Crippen LogP contribution in [0.1, 0.15) is 5.56 Å². The second kappa shape index (κ2) is 9.56. The summed E-state index contributed by atoms with van der Waals surface area (Å²) < 4.78 is 5.10. The highest BCUT2D eigenvalue weighted by Crippen LogP contribution is 2.29. The summed E-state index contributed by atoms with van der Waals surface area (Å²) in [6.07, 6.45) is 1.22. The van der Waals surface area contributed by atoms with Crippen LogP contribution >= 0.6 is 23.2 Å². The highest BCUT2D eigenvalue weighted by molar-refractivity contribution is 6.45. The smallest absolute Gasteiger partial charge is 0.341 e. The summed E-state index contributed by atoms with van der Waals surface area (Å²) in [5, 5.41) is 15.0. The minimum atomic E-state index is -1.13. The molecule has 0 radical (unpaired) electrons. The number of nitrogens with one attached hydrogen (secondary N) is 2. The number of para-hydroxylation sites is 1. The highest BCUT2D eigenvalue weighted by Gasteiger charge is 2.15. The van der Waals surface area contributed by atoms with Crippen LogP contribution in [0.25, 0.3) is 0 Å². The minimum absolute atomic E-state index is 0.105. The Labute approximate surface area is 163 Å². The zero-order valence-corrected chi connectivity index (χ0v) is 15.1. The van der Waals surface area contributed by atoms with E-state index in [4.69, 9.17) is 33.0 Å². The van der Waals surface area contributed by atoms with Crippen LogP contribution in [-0.4, -0.2) is 35.7 Å². The van der Waals surface area contributed by atoms with E-state index < -0.39 is 24.4 Å². The second-order valence-electron chi connectivity index (χ2n) is 4.97. The lowest BCUT2D eigenvalue weighted by atomic mass is 10.2. The lowest BCUT2D eigenvalue weighted by molar-refractivity contribution is -0.139. The number of ether oxygens (including phenoxy) is 1. The molecule has 10 heteroatoms. The van der Waals surface area contributed by atoms with Crippen molar-refractivity contribution in [2.45, 2.75) is 0 Å². The number of benzene rings is 2. The van der Waals surface area contributed by atoms with Crippen LogP contribution in [0.15, 0.2) is 47.6 Å². The van der Waals surface area contributed by atoms with Crippen molar-refractivity contribution >= 4 is 52.9 Å². The number of carbonyl (C=O) groups is 3. The zero-order valence-electron chi connectivity index (χ0n) is 13.6.